The molecular weight excluding hydrogens is 350 g/mol. The second-order valence-corrected chi connectivity index (χ2v) is 8.24. The maximum Gasteiger partial charge on any atom is 0.151 e. The molecule has 3 saturated heterocycles. The highest BCUT2D eigenvalue weighted by Gasteiger charge is 2.35. The highest BCUT2D eigenvalue weighted by atomic mass is 16.5. The molecule has 3 aliphatic heterocycles. The Balaban J connectivity index is 1.27. The van der Waals surface area contributed by atoms with Crippen molar-refractivity contribution in [2.24, 2.45) is 5.92 Å². The van der Waals surface area contributed by atoms with Crippen molar-refractivity contribution >= 4 is 0 Å². The van der Waals surface area contributed by atoms with Crippen molar-refractivity contribution in [1.29, 1.82) is 0 Å². The van der Waals surface area contributed by atoms with Gasteiger partial charge in [0.2, 0.25) is 0 Å². The van der Waals surface area contributed by atoms with Crippen molar-refractivity contribution in [1.82, 2.24) is 24.9 Å². The lowest BCUT2D eigenvalue weighted by Gasteiger charge is -2.35. The van der Waals surface area contributed by atoms with E-state index in [0.29, 0.717) is 6.04 Å². The van der Waals surface area contributed by atoms with Crippen molar-refractivity contribution in [2.45, 2.75) is 38.9 Å². The van der Waals surface area contributed by atoms with Crippen LogP contribution in [0.3, 0.4) is 0 Å². The molecule has 3 aromatic rings. The molecule has 3 aliphatic rings. The van der Waals surface area contributed by atoms with Crippen LogP contribution in [0.5, 0.6) is 0 Å². The second-order valence-electron chi connectivity index (χ2n) is 8.24. The van der Waals surface area contributed by atoms with E-state index in [9.17, 15) is 0 Å². The van der Waals surface area contributed by atoms with Gasteiger partial charge in [-0.3, -0.25) is 9.80 Å². The Morgan fingerprint density at radius 1 is 1.11 bits per heavy atom. The van der Waals surface area contributed by atoms with E-state index < -0.39 is 0 Å². The molecule has 3 fully saturated rings. The number of piperidine rings is 1. The number of aromatic nitrogens is 3. The number of nitrogens with zero attached hydrogens (tertiary/aromatic N) is 4. The zero-order chi connectivity index (χ0) is 18.9. The molecule has 6 nitrogen and oxygen atoms in total. The molecule has 1 aromatic carbocycles. The van der Waals surface area contributed by atoms with Crippen molar-refractivity contribution in [2.75, 3.05) is 19.6 Å². The van der Waals surface area contributed by atoms with Crippen LogP contribution < -0.4 is 0 Å². The molecule has 0 saturated carbocycles. The molecule has 2 bridgehead atoms. The molecular formula is C22H27N5O. The quantitative estimate of drug-likeness (QED) is 0.738. The number of fused-ring (bicyclic) bond motifs is 4. The lowest BCUT2D eigenvalue weighted by Crippen LogP contribution is -2.43. The fourth-order valence-corrected chi connectivity index (χ4v) is 4.69. The van der Waals surface area contributed by atoms with Crippen LogP contribution in [-0.2, 0) is 13.1 Å². The first kappa shape index (κ1) is 17.6. The minimum Gasteiger partial charge on any atom is -0.359 e. The SMILES string of the molecule is Cc1[nH]cnc1CN1C[C@@H]2CC[C@H](C1)N(Cc1cc(-c3ccccc3)no1)C2. The molecule has 6 rings (SSSR count). The molecule has 0 unspecified atom stereocenters. The van der Waals surface area contributed by atoms with Gasteiger partial charge in [0.1, 0.15) is 5.69 Å². The number of nitrogens with one attached hydrogen (secondary N) is 1. The number of benzene rings is 1. The fourth-order valence-electron chi connectivity index (χ4n) is 4.69. The molecule has 1 N–H and O–H groups in total. The smallest absolute Gasteiger partial charge is 0.151 e. The van der Waals surface area contributed by atoms with E-state index in [-0.39, 0.29) is 0 Å². The van der Waals surface area contributed by atoms with Crippen LogP contribution in [0.2, 0.25) is 0 Å². The highest BCUT2D eigenvalue weighted by molar-refractivity contribution is 5.58. The van der Waals surface area contributed by atoms with Crippen molar-refractivity contribution in [3.05, 3.63) is 59.9 Å². The molecule has 0 aliphatic carbocycles. The number of aromatic amines is 1. The molecule has 2 atom stereocenters. The molecule has 0 spiro atoms. The van der Waals surface area contributed by atoms with Gasteiger partial charge in [0, 0.05) is 49.5 Å². The van der Waals surface area contributed by atoms with Crippen LogP contribution in [0.1, 0.15) is 30.0 Å². The van der Waals surface area contributed by atoms with Crippen LogP contribution in [0.25, 0.3) is 11.3 Å². The zero-order valence-electron chi connectivity index (χ0n) is 16.3. The summed E-state index contributed by atoms with van der Waals surface area (Å²) in [5.41, 5.74) is 4.39. The number of hydrogen-bond acceptors (Lipinski definition) is 5. The fraction of sp³-hybridized carbons (Fsp3) is 0.455. The van der Waals surface area contributed by atoms with Crippen molar-refractivity contribution < 1.29 is 4.52 Å². The summed E-state index contributed by atoms with van der Waals surface area (Å²) in [4.78, 5) is 12.9. The first-order valence-corrected chi connectivity index (χ1v) is 10.2. The number of hydrogen-bond donors (Lipinski definition) is 1. The summed E-state index contributed by atoms with van der Waals surface area (Å²) in [7, 11) is 0. The van der Waals surface area contributed by atoms with Crippen LogP contribution in [0.4, 0.5) is 0 Å². The van der Waals surface area contributed by atoms with E-state index in [0.717, 1.165) is 55.7 Å². The third kappa shape index (κ3) is 3.62. The minimum atomic E-state index is 0.572. The van der Waals surface area contributed by atoms with E-state index in [1.807, 2.05) is 18.2 Å². The van der Waals surface area contributed by atoms with Crippen LogP contribution >= 0.6 is 0 Å². The first-order valence-electron chi connectivity index (χ1n) is 10.2. The molecule has 146 valence electrons. The number of H-pyrrole nitrogens is 1. The lowest BCUT2D eigenvalue weighted by molar-refractivity contribution is 0.111. The topological polar surface area (TPSA) is 61.2 Å². The Hall–Kier alpha value is -2.44. The van der Waals surface area contributed by atoms with Crippen LogP contribution in [0.15, 0.2) is 47.2 Å². The predicted octanol–water partition coefficient (Wildman–Crippen LogP) is 3.47. The van der Waals surface area contributed by atoms with Gasteiger partial charge in [-0.15, -0.1) is 0 Å². The van der Waals surface area contributed by atoms with Gasteiger partial charge >= 0.3 is 0 Å². The van der Waals surface area contributed by atoms with Gasteiger partial charge < -0.3 is 9.51 Å². The monoisotopic (exact) mass is 377 g/mol. The Kier molecular flexibility index (Phi) is 4.74. The molecule has 0 radical (unpaired) electrons. The average Bonchev–Trinajstić information content (AvgIpc) is 3.24. The standard InChI is InChI=1S/C22H27N5O/c1-16-22(24-15-23-16)14-26-10-17-7-8-19(12-26)27(11-17)13-20-9-21(25-28-20)18-5-3-2-4-6-18/h2-6,9,15,17,19H,7-8,10-14H2,1H3,(H,23,24)/t17-,19+/m0/s1. The van der Waals surface area contributed by atoms with E-state index >= 15 is 0 Å². The third-order valence-corrected chi connectivity index (χ3v) is 6.20. The summed E-state index contributed by atoms with van der Waals surface area (Å²) in [6.45, 7) is 7.29. The van der Waals surface area contributed by atoms with Gasteiger partial charge in [0.05, 0.1) is 18.6 Å². The number of aryl methyl sites for hydroxylation is 1. The zero-order valence-corrected chi connectivity index (χ0v) is 16.3. The maximum atomic E-state index is 5.68. The predicted molar refractivity (Wildman–Crippen MR) is 107 cm³/mol. The van der Waals surface area contributed by atoms with Crippen LogP contribution in [-0.4, -0.2) is 50.6 Å². The van der Waals surface area contributed by atoms with Gasteiger partial charge in [-0.2, -0.15) is 0 Å². The van der Waals surface area contributed by atoms with E-state index in [4.69, 9.17) is 4.52 Å². The highest BCUT2D eigenvalue weighted by Crippen LogP contribution is 2.30. The average molecular weight is 377 g/mol. The third-order valence-electron chi connectivity index (χ3n) is 6.20. The normalized spacial score (nSPS) is 23.2. The van der Waals surface area contributed by atoms with E-state index in [1.165, 1.54) is 24.2 Å². The number of imidazole rings is 1. The van der Waals surface area contributed by atoms with Gasteiger partial charge in [-0.1, -0.05) is 35.5 Å². The Labute approximate surface area is 165 Å². The van der Waals surface area contributed by atoms with Gasteiger partial charge in [-0.25, -0.2) is 4.98 Å². The molecule has 5 heterocycles. The van der Waals surface area contributed by atoms with Gasteiger partial charge in [0.25, 0.3) is 0 Å². The van der Waals surface area contributed by atoms with E-state index in [1.54, 1.807) is 6.33 Å². The summed E-state index contributed by atoms with van der Waals surface area (Å²) in [6.07, 6.45) is 4.39. The van der Waals surface area contributed by atoms with Crippen molar-refractivity contribution in [3.63, 3.8) is 0 Å². The van der Waals surface area contributed by atoms with Crippen LogP contribution in [0, 0.1) is 12.8 Å². The Morgan fingerprint density at radius 3 is 2.82 bits per heavy atom. The number of rotatable bonds is 5. The largest absolute Gasteiger partial charge is 0.359 e. The molecule has 28 heavy (non-hydrogen) atoms. The molecule has 2 aromatic heterocycles. The second kappa shape index (κ2) is 7.53. The maximum absolute atomic E-state index is 5.68. The first-order chi connectivity index (χ1) is 13.7. The summed E-state index contributed by atoms with van der Waals surface area (Å²) >= 11 is 0. The summed E-state index contributed by atoms with van der Waals surface area (Å²) in [5, 5.41) is 4.29. The molecule has 0 amide bonds. The van der Waals surface area contributed by atoms with Gasteiger partial charge in [-0.05, 0) is 25.7 Å². The summed E-state index contributed by atoms with van der Waals surface area (Å²) in [5.74, 6) is 1.68. The summed E-state index contributed by atoms with van der Waals surface area (Å²) < 4.78 is 5.68. The Morgan fingerprint density at radius 2 is 2.00 bits per heavy atom. The summed E-state index contributed by atoms with van der Waals surface area (Å²) in [6, 6.07) is 12.9. The van der Waals surface area contributed by atoms with Crippen molar-refractivity contribution in [3.8, 4) is 11.3 Å². The van der Waals surface area contributed by atoms with E-state index in [2.05, 4.69) is 50.0 Å². The van der Waals surface area contributed by atoms with Gasteiger partial charge in [0.15, 0.2) is 5.76 Å². The molecule has 6 heteroatoms. The Bertz CT molecular complexity index is 918. The minimum absolute atomic E-state index is 0.572. The lowest BCUT2D eigenvalue weighted by atomic mass is 9.95.